The van der Waals surface area contributed by atoms with Gasteiger partial charge in [-0.1, -0.05) is 51.9 Å². The van der Waals surface area contributed by atoms with Crippen LogP contribution in [0.25, 0.3) is 0 Å². The summed E-state index contributed by atoms with van der Waals surface area (Å²) in [6.45, 7) is 7.09. The zero-order valence-electron chi connectivity index (χ0n) is 22.7. The number of quaternary nitrogens is 1. The van der Waals surface area contributed by atoms with Gasteiger partial charge in [0.1, 0.15) is 18.1 Å². The first-order valence-electron chi connectivity index (χ1n) is 13.3. The SMILES string of the molecule is CCCCc1oc(CCCCCCCCCCC(=O)OC(CC(=O)O)C[N+](C)(C)C)c(C)c1C. The molecule has 1 rings (SSSR count). The summed E-state index contributed by atoms with van der Waals surface area (Å²) in [6.07, 6.45) is 13.2. The maximum atomic E-state index is 12.1. The van der Waals surface area contributed by atoms with Crippen LogP contribution in [0.4, 0.5) is 0 Å². The minimum absolute atomic E-state index is 0.139. The lowest BCUT2D eigenvalue weighted by molar-refractivity contribution is -0.873. The number of aryl methyl sites for hydroxylation is 2. The van der Waals surface area contributed by atoms with Crippen molar-refractivity contribution in [2.75, 3.05) is 27.7 Å². The van der Waals surface area contributed by atoms with Crippen molar-refractivity contribution in [1.82, 2.24) is 0 Å². The van der Waals surface area contributed by atoms with E-state index in [4.69, 9.17) is 14.3 Å². The fraction of sp³-hybridized carbons (Fsp3) is 0.786. The van der Waals surface area contributed by atoms with E-state index in [1.807, 2.05) is 21.1 Å². The molecule has 0 saturated heterocycles. The number of rotatable bonds is 19. The molecule has 0 saturated carbocycles. The second-order valence-corrected chi connectivity index (χ2v) is 10.8. The lowest BCUT2D eigenvalue weighted by atomic mass is 10.0. The van der Waals surface area contributed by atoms with E-state index in [2.05, 4.69) is 20.8 Å². The van der Waals surface area contributed by atoms with Crippen LogP contribution in [0.3, 0.4) is 0 Å². The van der Waals surface area contributed by atoms with Gasteiger partial charge in [-0.15, -0.1) is 0 Å². The van der Waals surface area contributed by atoms with Crippen LogP contribution in [-0.4, -0.2) is 55.3 Å². The minimum Gasteiger partial charge on any atom is -0.481 e. The van der Waals surface area contributed by atoms with E-state index in [0.717, 1.165) is 32.1 Å². The fourth-order valence-electron chi connectivity index (χ4n) is 4.34. The summed E-state index contributed by atoms with van der Waals surface area (Å²) in [4.78, 5) is 23.2. The molecule has 6 heteroatoms. The van der Waals surface area contributed by atoms with Gasteiger partial charge in [0.15, 0.2) is 6.10 Å². The zero-order chi connectivity index (χ0) is 25.6. The smallest absolute Gasteiger partial charge is 0.307 e. The lowest BCUT2D eigenvalue weighted by Gasteiger charge is -2.28. The number of carbonyl (C=O) groups excluding carboxylic acids is 1. The van der Waals surface area contributed by atoms with Crippen LogP contribution < -0.4 is 0 Å². The monoisotopic (exact) mass is 480 g/mol. The molecule has 0 aromatic carbocycles. The quantitative estimate of drug-likeness (QED) is 0.141. The molecule has 0 radical (unpaired) electrons. The van der Waals surface area contributed by atoms with Crippen molar-refractivity contribution in [3.05, 3.63) is 22.6 Å². The Bertz CT molecular complexity index is 732. The van der Waals surface area contributed by atoms with Crippen molar-refractivity contribution in [2.45, 2.75) is 117 Å². The molecule has 1 heterocycles. The van der Waals surface area contributed by atoms with Gasteiger partial charge in [-0.05, 0) is 44.2 Å². The number of nitrogens with zero attached hydrogens (tertiary/aromatic N) is 1. The van der Waals surface area contributed by atoms with Gasteiger partial charge in [-0.2, -0.15) is 0 Å². The number of likely N-dealkylation sites (N-methyl/N-ethyl adjacent to an activating group) is 1. The zero-order valence-corrected chi connectivity index (χ0v) is 22.7. The summed E-state index contributed by atoms with van der Waals surface area (Å²) in [5, 5.41) is 9.05. The summed E-state index contributed by atoms with van der Waals surface area (Å²) in [6, 6.07) is 0. The Balaban J connectivity index is 2.12. The van der Waals surface area contributed by atoms with E-state index < -0.39 is 12.1 Å². The van der Waals surface area contributed by atoms with Crippen LogP contribution >= 0.6 is 0 Å². The summed E-state index contributed by atoms with van der Waals surface area (Å²) in [5.74, 6) is 1.16. The van der Waals surface area contributed by atoms with Crippen molar-refractivity contribution >= 4 is 11.9 Å². The van der Waals surface area contributed by atoms with Gasteiger partial charge in [0.2, 0.25) is 0 Å². The number of hydrogen-bond acceptors (Lipinski definition) is 4. The summed E-state index contributed by atoms with van der Waals surface area (Å²) >= 11 is 0. The Morgan fingerprint density at radius 3 is 1.85 bits per heavy atom. The topological polar surface area (TPSA) is 76.7 Å². The Kier molecular flexibility index (Phi) is 14.2. The average Bonchev–Trinajstić information content (AvgIpc) is 2.99. The molecule has 0 aliphatic carbocycles. The van der Waals surface area contributed by atoms with Gasteiger partial charge in [-0.25, -0.2) is 0 Å². The molecule has 1 atom stereocenters. The fourth-order valence-corrected chi connectivity index (χ4v) is 4.34. The molecule has 1 aromatic rings. The molecule has 34 heavy (non-hydrogen) atoms. The van der Waals surface area contributed by atoms with Crippen molar-refractivity contribution < 1.29 is 28.3 Å². The first kappa shape index (κ1) is 30.2. The Morgan fingerprint density at radius 2 is 1.35 bits per heavy atom. The summed E-state index contributed by atoms with van der Waals surface area (Å²) in [7, 11) is 5.89. The largest absolute Gasteiger partial charge is 0.481 e. The molecule has 0 bridgehead atoms. The van der Waals surface area contributed by atoms with Gasteiger partial charge in [-0.3, -0.25) is 9.59 Å². The number of esters is 1. The first-order valence-corrected chi connectivity index (χ1v) is 13.3. The highest BCUT2D eigenvalue weighted by atomic mass is 16.5. The minimum atomic E-state index is -0.933. The van der Waals surface area contributed by atoms with Crippen molar-refractivity contribution in [2.24, 2.45) is 0 Å². The van der Waals surface area contributed by atoms with Gasteiger partial charge < -0.3 is 18.7 Å². The van der Waals surface area contributed by atoms with Crippen LogP contribution in [0.5, 0.6) is 0 Å². The third-order valence-electron chi connectivity index (χ3n) is 6.39. The molecule has 0 amide bonds. The third kappa shape index (κ3) is 13.2. The van der Waals surface area contributed by atoms with Gasteiger partial charge in [0.05, 0.1) is 27.6 Å². The predicted molar refractivity (Wildman–Crippen MR) is 137 cm³/mol. The number of carboxylic acids is 1. The second kappa shape index (κ2) is 16.0. The first-order chi connectivity index (χ1) is 16.0. The molecular weight excluding hydrogens is 430 g/mol. The second-order valence-electron chi connectivity index (χ2n) is 10.8. The average molecular weight is 481 g/mol. The van der Waals surface area contributed by atoms with E-state index in [0.29, 0.717) is 17.4 Å². The van der Waals surface area contributed by atoms with Crippen LogP contribution in [0, 0.1) is 13.8 Å². The Labute approximate surface area is 207 Å². The van der Waals surface area contributed by atoms with Crippen LogP contribution in [0.15, 0.2) is 4.42 Å². The van der Waals surface area contributed by atoms with E-state index in [-0.39, 0.29) is 12.4 Å². The normalized spacial score (nSPS) is 12.6. The molecule has 6 nitrogen and oxygen atoms in total. The molecule has 0 aliphatic rings. The number of carboxylic acid groups (broad SMARTS) is 1. The molecule has 1 aromatic heterocycles. The van der Waals surface area contributed by atoms with Crippen LogP contribution in [-0.2, 0) is 27.2 Å². The molecule has 0 aliphatic heterocycles. The highest BCUT2D eigenvalue weighted by Crippen LogP contribution is 2.24. The molecule has 0 spiro atoms. The maximum Gasteiger partial charge on any atom is 0.307 e. The third-order valence-corrected chi connectivity index (χ3v) is 6.39. The molecule has 0 fully saturated rings. The molecular formula is C28H50NO5+. The van der Waals surface area contributed by atoms with Crippen LogP contribution in [0.2, 0.25) is 0 Å². The Hall–Kier alpha value is -1.82. The lowest BCUT2D eigenvalue weighted by Crippen LogP contribution is -2.43. The van der Waals surface area contributed by atoms with E-state index in [1.54, 1.807) is 0 Å². The molecule has 1 N–H and O–H groups in total. The van der Waals surface area contributed by atoms with Gasteiger partial charge in [0, 0.05) is 19.3 Å². The number of unbranched alkanes of at least 4 members (excludes halogenated alkanes) is 8. The highest BCUT2D eigenvalue weighted by Gasteiger charge is 2.24. The standard InChI is InChI=1S/C28H49NO5/c1-7-8-17-25-22(2)23(3)26(34-25)18-15-13-11-9-10-12-14-16-19-28(32)33-24(20-27(30)31)21-29(4,5)6/h24H,7-21H2,1-6H3/p+1. The number of aliphatic carboxylic acids is 1. The maximum absolute atomic E-state index is 12.1. The van der Waals surface area contributed by atoms with E-state index in [9.17, 15) is 9.59 Å². The predicted octanol–water partition coefficient (Wildman–Crippen LogP) is 6.39. The number of hydrogen-bond donors (Lipinski definition) is 1. The Morgan fingerprint density at radius 1 is 0.853 bits per heavy atom. The summed E-state index contributed by atoms with van der Waals surface area (Å²) in [5.41, 5.74) is 2.69. The number of furan rings is 1. The molecule has 196 valence electrons. The van der Waals surface area contributed by atoms with Crippen LogP contribution in [0.1, 0.15) is 107 Å². The number of ether oxygens (including phenoxy) is 1. The van der Waals surface area contributed by atoms with Gasteiger partial charge >= 0.3 is 11.9 Å². The molecule has 1 unspecified atom stereocenters. The van der Waals surface area contributed by atoms with E-state index >= 15 is 0 Å². The van der Waals surface area contributed by atoms with Gasteiger partial charge in [0.25, 0.3) is 0 Å². The van der Waals surface area contributed by atoms with E-state index in [1.165, 1.54) is 67.6 Å². The van der Waals surface area contributed by atoms with Crippen molar-refractivity contribution in [3.63, 3.8) is 0 Å². The summed E-state index contributed by atoms with van der Waals surface area (Å²) < 4.78 is 12.1. The highest BCUT2D eigenvalue weighted by molar-refractivity contribution is 5.71. The van der Waals surface area contributed by atoms with Crippen molar-refractivity contribution in [3.8, 4) is 0 Å². The van der Waals surface area contributed by atoms with Crippen molar-refractivity contribution in [1.29, 1.82) is 0 Å². The number of carbonyl (C=O) groups is 2.